The first-order chi connectivity index (χ1) is 16.2. The molecule has 7 nitrogen and oxygen atoms in total. The Kier molecular flexibility index (Phi) is 4.67. The second-order valence-electron chi connectivity index (χ2n) is 8.70. The molecule has 162 valence electrons. The summed E-state index contributed by atoms with van der Waals surface area (Å²) in [5, 5.41) is 18.1. The van der Waals surface area contributed by atoms with Crippen molar-refractivity contribution >= 4 is 21.9 Å². The van der Waals surface area contributed by atoms with E-state index < -0.39 is 0 Å². The van der Waals surface area contributed by atoms with Crippen molar-refractivity contribution in [3.8, 4) is 28.5 Å². The van der Waals surface area contributed by atoms with E-state index in [2.05, 4.69) is 39.3 Å². The van der Waals surface area contributed by atoms with Gasteiger partial charge in [0.05, 0.1) is 47.1 Å². The van der Waals surface area contributed by atoms with Gasteiger partial charge in [-0.1, -0.05) is 18.2 Å². The third-order valence-corrected chi connectivity index (χ3v) is 6.61. The Morgan fingerprint density at radius 3 is 2.70 bits per heavy atom. The molecule has 2 aromatic carbocycles. The molecule has 0 amide bonds. The third kappa shape index (κ3) is 3.36. The summed E-state index contributed by atoms with van der Waals surface area (Å²) < 4.78 is 4.10. The van der Waals surface area contributed by atoms with Crippen molar-refractivity contribution in [2.45, 2.75) is 13.0 Å². The molecule has 0 radical (unpaired) electrons. The lowest BCUT2D eigenvalue weighted by molar-refractivity contribution is 0.489. The molecule has 7 heteroatoms. The predicted molar refractivity (Wildman–Crippen MR) is 128 cm³/mol. The number of benzene rings is 2. The minimum absolute atomic E-state index is 0.605. The van der Waals surface area contributed by atoms with Crippen molar-refractivity contribution in [1.29, 1.82) is 5.26 Å². The number of nitrogens with one attached hydrogen (secondary N) is 1. The predicted octanol–water partition coefficient (Wildman–Crippen LogP) is 4.13. The largest absolute Gasteiger partial charge is 0.329 e. The topological polar surface area (TPSA) is 84.3 Å². The molecule has 4 heterocycles. The van der Waals surface area contributed by atoms with E-state index in [4.69, 9.17) is 9.97 Å². The second-order valence-corrected chi connectivity index (χ2v) is 8.70. The Labute approximate surface area is 191 Å². The summed E-state index contributed by atoms with van der Waals surface area (Å²) in [6.07, 6.45) is 6.94. The number of fused-ring (bicyclic) bond motifs is 2. The first kappa shape index (κ1) is 19.6. The Bertz CT molecular complexity index is 1510. The first-order valence-electron chi connectivity index (χ1n) is 11.2. The van der Waals surface area contributed by atoms with E-state index in [1.807, 2.05) is 54.7 Å². The third-order valence-electron chi connectivity index (χ3n) is 6.61. The number of pyridine rings is 1. The molecule has 0 bridgehead atoms. The molecule has 1 fully saturated rings. The van der Waals surface area contributed by atoms with E-state index >= 15 is 0 Å². The minimum atomic E-state index is 0.605. The molecular formula is C26H23N7. The van der Waals surface area contributed by atoms with Gasteiger partial charge in [-0.3, -0.25) is 9.67 Å². The number of aryl methyl sites for hydroxylation is 1. The summed E-state index contributed by atoms with van der Waals surface area (Å²) in [5.74, 6) is 0.605. The van der Waals surface area contributed by atoms with E-state index in [0.717, 1.165) is 64.0 Å². The summed E-state index contributed by atoms with van der Waals surface area (Å²) in [5.41, 5.74) is 7.57. The molecule has 1 saturated heterocycles. The average Bonchev–Trinajstić information content (AvgIpc) is 3.60. The van der Waals surface area contributed by atoms with Crippen LogP contribution in [0.3, 0.4) is 0 Å². The van der Waals surface area contributed by atoms with Gasteiger partial charge >= 0.3 is 0 Å². The molecule has 33 heavy (non-hydrogen) atoms. The van der Waals surface area contributed by atoms with Gasteiger partial charge in [-0.05, 0) is 55.3 Å². The lowest BCUT2D eigenvalue weighted by Crippen LogP contribution is -2.14. The van der Waals surface area contributed by atoms with Gasteiger partial charge in [-0.25, -0.2) is 4.98 Å². The molecule has 1 aliphatic rings. The van der Waals surface area contributed by atoms with E-state index in [9.17, 15) is 5.26 Å². The minimum Gasteiger partial charge on any atom is -0.329 e. The van der Waals surface area contributed by atoms with Crippen molar-refractivity contribution in [3.05, 3.63) is 66.7 Å². The van der Waals surface area contributed by atoms with Crippen LogP contribution < -0.4 is 5.32 Å². The highest BCUT2D eigenvalue weighted by Gasteiger charge is 2.20. The van der Waals surface area contributed by atoms with E-state index in [0.29, 0.717) is 11.5 Å². The van der Waals surface area contributed by atoms with Gasteiger partial charge in [0.25, 0.3) is 0 Å². The Morgan fingerprint density at radius 1 is 1.06 bits per heavy atom. The number of aromatic nitrogens is 5. The Morgan fingerprint density at radius 2 is 1.91 bits per heavy atom. The quantitative estimate of drug-likeness (QED) is 0.461. The summed E-state index contributed by atoms with van der Waals surface area (Å²) in [6.45, 7) is 3.05. The van der Waals surface area contributed by atoms with Crippen LogP contribution in [0.4, 0.5) is 0 Å². The fraction of sp³-hybridized carbons (Fsp3) is 0.231. The van der Waals surface area contributed by atoms with Gasteiger partial charge in [-0.15, -0.1) is 0 Å². The summed E-state index contributed by atoms with van der Waals surface area (Å²) in [7, 11) is 1.95. The highest BCUT2D eigenvalue weighted by molar-refractivity contribution is 6.00. The van der Waals surface area contributed by atoms with Crippen molar-refractivity contribution in [3.63, 3.8) is 0 Å². The van der Waals surface area contributed by atoms with Gasteiger partial charge in [0.15, 0.2) is 0 Å². The van der Waals surface area contributed by atoms with Crippen LogP contribution in [0.25, 0.3) is 44.3 Å². The maximum Gasteiger partial charge on any atom is 0.100 e. The van der Waals surface area contributed by atoms with E-state index in [1.54, 1.807) is 0 Å². The average molecular weight is 434 g/mol. The number of hydrogen-bond acceptors (Lipinski definition) is 5. The highest BCUT2D eigenvalue weighted by atomic mass is 15.2. The fourth-order valence-corrected chi connectivity index (χ4v) is 4.83. The maximum absolute atomic E-state index is 9.25. The molecule has 6 rings (SSSR count). The SMILES string of the molecule is Cn1ncc2cc(-c3ncc4c(ncn4CC4CCNC4)c3-c3ccc(C#N)cc3)ccc21. The van der Waals surface area contributed by atoms with E-state index in [1.165, 1.54) is 6.42 Å². The van der Waals surface area contributed by atoms with Gasteiger partial charge < -0.3 is 9.88 Å². The Hall–Kier alpha value is -4.02. The summed E-state index contributed by atoms with van der Waals surface area (Å²) in [6, 6.07) is 16.2. The van der Waals surface area contributed by atoms with Crippen LogP contribution in [0.2, 0.25) is 0 Å². The number of nitriles is 1. The number of rotatable bonds is 4. The number of hydrogen-bond donors (Lipinski definition) is 1. The van der Waals surface area contributed by atoms with Crippen molar-refractivity contribution in [2.24, 2.45) is 13.0 Å². The molecule has 1 unspecified atom stereocenters. The molecule has 0 aliphatic carbocycles. The van der Waals surface area contributed by atoms with Crippen LogP contribution in [0.15, 0.2) is 61.2 Å². The van der Waals surface area contributed by atoms with Crippen molar-refractivity contribution < 1.29 is 0 Å². The molecule has 1 N–H and O–H groups in total. The van der Waals surface area contributed by atoms with Crippen LogP contribution in [0, 0.1) is 17.2 Å². The monoisotopic (exact) mass is 433 g/mol. The lowest BCUT2D eigenvalue weighted by atomic mass is 9.96. The first-order valence-corrected chi connectivity index (χ1v) is 11.2. The van der Waals surface area contributed by atoms with E-state index in [-0.39, 0.29) is 0 Å². The van der Waals surface area contributed by atoms with Crippen LogP contribution >= 0.6 is 0 Å². The molecule has 0 spiro atoms. The molecule has 5 aromatic rings. The highest BCUT2D eigenvalue weighted by Crippen LogP contribution is 2.37. The normalized spacial score (nSPS) is 15.9. The zero-order valence-corrected chi connectivity index (χ0v) is 18.4. The summed E-state index contributed by atoms with van der Waals surface area (Å²) >= 11 is 0. The zero-order chi connectivity index (χ0) is 22.4. The fourth-order valence-electron chi connectivity index (χ4n) is 4.83. The number of imidazole rings is 1. The second kappa shape index (κ2) is 7.84. The van der Waals surface area contributed by atoms with Crippen LogP contribution in [-0.4, -0.2) is 37.4 Å². The Balaban J connectivity index is 1.54. The molecular weight excluding hydrogens is 410 g/mol. The van der Waals surface area contributed by atoms with Crippen LogP contribution in [0.5, 0.6) is 0 Å². The molecule has 1 atom stereocenters. The van der Waals surface area contributed by atoms with Gasteiger partial charge in [0.2, 0.25) is 0 Å². The summed E-state index contributed by atoms with van der Waals surface area (Å²) in [4.78, 5) is 9.80. The van der Waals surface area contributed by atoms with Gasteiger partial charge in [0.1, 0.15) is 5.52 Å². The molecule has 0 saturated carbocycles. The van der Waals surface area contributed by atoms with Gasteiger partial charge in [0, 0.05) is 30.1 Å². The van der Waals surface area contributed by atoms with Gasteiger partial charge in [-0.2, -0.15) is 10.4 Å². The van der Waals surface area contributed by atoms with Crippen LogP contribution in [-0.2, 0) is 13.6 Å². The smallest absolute Gasteiger partial charge is 0.100 e. The number of nitrogens with zero attached hydrogens (tertiary/aromatic N) is 6. The zero-order valence-electron chi connectivity index (χ0n) is 18.4. The standard InChI is InChI=1S/C26H23N7/c1-32-22-7-6-20(10-21(22)13-31-32)25-24(19-4-2-17(11-27)3-5-19)26-23(14-29-25)33(16-30-26)15-18-8-9-28-12-18/h2-7,10,13-14,16,18,28H,8-9,12,15H2,1H3. The lowest BCUT2D eigenvalue weighted by Gasteiger charge is -2.13. The molecule has 1 aliphatic heterocycles. The molecule has 3 aromatic heterocycles. The van der Waals surface area contributed by atoms with Crippen LogP contribution in [0.1, 0.15) is 12.0 Å². The maximum atomic E-state index is 9.25. The van der Waals surface area contributed by atoms with Crippen molar-refractivity contribution in [1.82, 2.24) is 29.6 Å². The van der Waals surface area contributed by atoms with Crippen molar-refractivity contribution in [2.75, 3.05) is 13.1 Å².